The molecule has 10 nitrogen and oxygen atoms in total. The minimum atomic E-state index is -0.434. The second kappa shape index (κ2) is 9.21. The summed E-state index contributed by atoms with van der Waals surface area (Å²) in [6.07, 6.45) is 1.95. The number of piperidine rings is 1. The van der Waals surface area contributed by atoms with E-state index < -0.39 is 4.92 Å². The van der Waals surface area contributed by atoms with E-state index in [0.717, 1.165) is 5.56 Å². The Morgan fingerprint density at radius 2 is 2.00 bits per heavy atom. The van der Waals surface area contributed by atoms with Gasteiger partial charge in [-0.15, -0.1) is 5.10 Å². The molecule has 0 unspecified atom stereocenters. The van der Waals surface area contributed by atoms with Crippen LogP contribution in [0.1, 0.15) is 49.0 Å². The Hall–Kier alpha value is -3.05. The maximum absolute atomic E-state index is 12.2. The number of aromatic hydroxyl groups is 1. The number of nitro groups is 1. The summed E-state index contributed by atoms with van der Waals surface area (Å²) < 4.78 is 6.62. The highest BCUT2D eigenvalue weighted by Crippen LogP contribution is 2.41. The second-order valence-electron chi connectivity index (χ2n) is 7.68. The van der Waals surface area contributed by atoms with Crippen LogP contribution in [0.5, 0.6) is 5.88 Å². The first kappa shape index (κ1) is 22.2. The van der Waals surface area contributed by atoms with Crippen LogP contribution in [0.3, 0.4) is 0 Å². The van der Waals surface area contributed by atoms with Crippen LogP contribution >= 0.6 is 11.3 Å². The van der Waals surface area contributed by atoms with Crippen molar-refractivity contribution < 1.29 is 19.6 Å². The lowest BCUT2D eigenvalue weighted by molar-refractivity contribution is -0.384. The number of nitrogens with zero attached hydrogens (tertiary/aromatic N) is 5. The van der Waals surface area contributed by atoms with Gasteiger partial charge in [0.1, 0.15) is 0 Å². The molecule has 0 amide bonds. The summed E-state index contributed by atoms with van der Waals surface area (Å²) in [5, 5.41) is 26.4. The van der Waals surface area contributed by atoms with Crippen molar-refractivity contribution in [2.45, 2.75) is 39.2 Å². The molecule has 1 saturated heterocycles. The zero-order chi connectivity index (χ0) is 22.8. The molecule has 0 saturated carbocycles. The summed E-state index contributed by atoms with van der Waals surface area (Å²) in [6.45, 7) is 5.35. The average molecular weight is 460 g/mol. The fraction of sp³-hybridized carbons (Fsp3) is 0.476. The molecule has 1 atom stereocenters. The van der Waals surface area contributed by atoms with Crippen LogP contribution in [0.2, 0.25) is 0 Å². The molecule has 0 radical (unpaired) electrons. The number of non-ortho nitro benzene ring substituents is 1. The Labute approximate surface area is 188 Å². The van der Waals surface area contributed by atoms with E-state index in [9.17, 15) is 20.0 Å². The zero-order valence-electron chi connectivity index (χ0n) is 17.9. The van der Waals surface area contributed by atoms with Gasteiger partial charge in [-0.05, 0) is 38.4 Å². The van der Waals surface area contributed by atoms with Crippen LogP contribution in [0, 0.1) is 16.0 Å². The first-order valence-corrected chi connectivity index (χ1v) is 11.5. The standard InChI is InChI=1S/C21H25N5O5S/c1-3-16-22-21-25(23-16)19(27)18(32-21)17(13-5-7-15(8-6-13)26(29)30)24-11-9-14(10-12-24)20(28)31-4-2/h5-8,14,17,27H,3-4,9-12H2,1-2H3/t17-/m1/s1. The lowest BCUT2D eigenvalue weighted by atomic mass is 9.93. The lowest BCUT2D eigenvalue weighted by Crippen LogP contribution is -2.39. The van der Waals surface area contributed by atoms with E-state index in [1.165, 1.54) is 28.0 Å². The fourth-order valence-electron chi connectivity index (χ4n) is 4.08. The van der Waals surface area contributed by atoms with Gasteiger partial charge in [-0.25, -0.2) is 4.98 Å². The summed E-state index contributed by atoms with van der Waals surface area (Å²) >= 11 is 1.35. The molecule has 4 rings (SSSR count). The quantitative estimate of drug-likeness (QED) is 0.324. The third-order valence-electron chi connectivity index (χ3n) is 5.74. The van der Waals surface area contributed by atoms with Gasteiger partial charge in [0, 0.05) is 18.6 Å². The third kappa shape index (κ3) is 4.17. The summed E-state index contributed by atoms with van der Waals surface area (Å²) in [5.41, 5.74) is 0.827. The Balaban J connectivity index is 1.68. The molecular formula is C21H25N5O5S. The topological polar surface area (TPSA) is 123 Å². The Morgan fingerprint density at radius 1 is 1.31 bits per heavy atom. The monoisotopic (exact) mass is 459 g/mol. The number of fused-ring (bicyclic) bond motifs is 1. The molecule has 1 N–H and O–H groups in total. The molecule has 2 aromatic heterocycles. The number of likely N-dealkylation sites (tertiary alicyclic amines) is 1. The molecule has 3 heterocycles. The largest absolute Gasteiger partial charge is 0.492 e. The number of aryl methyl sites for hydroxylation is 1. The molecule has 0 spiro atoms. The van der Waals surface area contributed by atoms with Crippen LogP contribution in [0.25, 0.3) is 4.96 Å². The fourth-order valence-corrected chi connectivity index (χ4v) is 5.21. The highest BCUT2D eigenvalue weighted by atomic mass is 32.1. The van der Waals surface area contributed by atoms with E-state index in [2.05, 4.69) is 15.0 Å². The van der Waals surface area contributed by atoms with Gasteiger partial charge in [-0.2, -0.15) is 4.52 Å². The third-order valence-corrected chi connectivity index (χ3v) is 6.81. The van der Waals surface area contributed by atoms with Crippen molar-refractivity contribution in [3.05, 3.63) is 50.6 Å². The summed E-state index contributed by atoms with van der Waals surface area (Å²) in [4.78, 5) is 30.7. The summed E-state index contributed by atoms with van der Waals surface area (Å²) in [7, 11) is 0. The van der Waals surface area contributed by atoms with Crippen molar-refractivity contribution in [1.82, 2.24) is 19.5 Å². The number of nitro benzene ring substituents is 1. The molecule has 1 aliphatic heterocycles. The van der Waals surface area contributed by atoms with E-state index in [4.69, 9.17) is 4.74 Å². The minimum Gasteiger partial charge on any atom is -0.492 e. The van der Waals surface area contributed by atoms with Crippen molar-refractivity contribution in [2.75, 3.05) is 19.7 Å². The number of carbonyl (C=O) groups excluding carboxylic acids is 1. The number of rotatable bonds is 7. The SMILES string of the molecule is CCOC(=O)C1CCN([C@H](c2ccc([N+](=O)[O-])cc2)c2sc3nc(CC)nn3c2O)CC1. The highest BCUT2D eigenvalue weighted by Gasteiger charge is 2.34. The molecule has 32 heavy (non-hydrogen) atoms. The maximum Gasteiger partial charge on any atom is 0.309 e. The van der Waals surface area contributed by atoms with E-state index in [-0.39, 0.29) is 29.5 Å². The normalized spacial score (nSPS) is 16.3. The van der Waals surface area contributed by atoms with Gasteiger partial charge in [-0.1, -0.05) is 30.4 Å². The molecule has 3 aromatic rings. The van der Waals surface area contributed by atoms with Gasteiger partial charge in [0.05, 0.1) is 28.4 Å². The van der Waals surface area contributed by atoms with Crippen molar-refractivity contribution in [3.63, 3.8) is 0 Å². The summed E-state index contributed by atoms with van der Waals surface area (Å²) in [6, 6.07) is 6.03. The van der Waals surface area contributed by atoms with Gasteiger partial charge >= 0.3 is 5.97 Å². The smallest absolute Gasteiger partial charge is 0.309 e. The van der Waals surface area contributed by atoms with Gasteiger partial charge in [0.15, 0.2) is 5.82 Å². The van der Waals surface area contributed by atoms with Crippen LogP contribution < -0.4 is 0 Å². The maximum atomic E-state index is 12.2. The first-order chi connectivity index (χ1) is 15.4. The molecular weight excluding hydrogens is 434 g/mol. The Bertz CT molecular complexity index is 1120. The number of hydrogen-bond donors (Lipinski definition) is 1. The molecule has 11 heteroatoms. The molecule has 1 aliphatic rings. The number of carbonyl (C=O) groups is 1. The van der Waals surface area contributed by atoms with Gasteiger partial charge in [-0.3, -0.25) is 19.8 Å². The van der Waals surface area contributed by atoms with Crippen LogP contribution in [-0.2, 0) is 16.0 Å². The minimum absolute atomic E-state index is 0.00739. The number of esters is 1. The van der Waals surface area contributed by atoms with Crippen molar-refractivity contribution in [2.24, 2.45) is 5.92 Å². The van der Waals surface area contributed by atoms with Crippen LogP contribution in [-0.4, -0.2) is 55.2 Å². The number of thiazole rings is 1. The van der Waals surface area contributed by atoms with E-state index in [0.29, 0.717) is 54.6 Å². The second-order valence-corrected chi connectivity index (χ2v) is 8.69. The van der Waals surface area contributed by atoms with E-state index in [1.54, 1.807) is 19.1 Å². The predicted molar refractivity (Wildman–Crippen MR) is 118 cm³/mol. The molecule has 0 aliphatic carbocycles. The number of hydrogen-bond acceptors (Lipinski definition) is 9. The Kier molecular flexibility index (Phi) is 6.38. The molecule has 1 fully saturated rings. The molecule has 170 valence electrons. The van der Waals surface area contributed by atoms with E-state index in [1.807, 2.05) is 6.92 Å². The van der Waals surface area contributed by atoms with Crippen LogP contribution in [0.15, 0.2) is 24.3 Å². The van der Waals surface area contributed by atoms with Gasteiger partial charge in [0.2, 0.25) is 10.8 Å². The number of aromatic nitrogens is 3. The van der Waals surface area contributed by atoms with Crippen molar-refractivity contribution in [3.8, 4) is 5.88 Å². The number of benzene rings is 1. The zero-order valence-corrected chi connectivity index (χ0v) is 18.7. The van der Waals surface area contributed by atoms with Gasteiger partial charge in [0.25, 0.3) is 5.69 Å². The predicted octanol–water partition coefficient (Wildman–Crippen LogP) is 3.33. The molecule has 0 bridgehead atoms. The lowest BCUT2D eigenvalue weighted by Gasteiger charge is -2.36. The number of ether oxygens (including phenoxy) is 1. The van der Waals surface area contributed by atoms with Crippen LogP contribution in [0.4, 0.5) is 5.69 Å². The van der Waals surface area contributed by atoms with E-state index >= 15 is 0 Å². The van der Waals surface area contributed by atoms with Crippen molar-refractivity contribution in [1.29, 1.82) is 0 Å². The molecule has 1 aromatic carbocycles. The average Bonchev–Trinajstić information content (AvgIpc) is 3.34. The highest BCUT2D eigenvalue weighted by molar-refractivity contribution is 7.17. The summed E-state index contributed by atoms with van der Waals surface area (Å²) in [5.74, 6) is 0.354. The first-order valence-electron chi connectivity index (χ1n) is 10.6. The van der Waals surface area contributed by atoms with Gasteiger partial charge < -0.3 is 9.84 Å². The van der Waals surface area contributed by atoms with Crippen molar-refractivity contribution >= 4 is 28.0 Å². The Morgan fingerprint density at radius 3 is 2.56 bits per heavy atom.